The van der Waals surface area contributed by atoms with Gasteiger partial charge < -0.3 is 9.47 Å². The number of halogens is 1. The summed E-state index contributed by atoms with van der Waals surface area (Å²) in [4.78, 5) is 16.5. The smallest absolute Gasteiger partial charge is 0.350 e. The maximum absolute atomic E-state index is 11.8. The van der Waals surface area contributed by atoms with Gasteiger partial charge in [-0.1, -0.05) is 29.5 Å². The van der Waals surface area contributed by atoms with Gasteiger partial charge in [0.1, 0.15) is 22.9 Å². The summed E-state index contributed by atoms with van der Waals surface area (Å²) in [5.74, 6) is 0.374. The van der Waals surface area contributed by atoms with E-state index < -0.39 is 0 Å². The Labute approximate surface area is 123 Å². The Morgan fingerprint density at radius 3 is 2.79 bits per heavy atom. The molecule has 0 bridgehead atoms. The Hall–Kier alpha value is -1.40. The minimum absolute atomic E-state index is 0.236. The zero-order valence-electron chi connectivity index (χ0n) is 10.3. The van der Waals surface area contributed by atoms with E-state index in [9.17, 15) is 4.79 Å². The zero-order chi connectivity index (χ0) is 13.7. The predicted octanol–water partition coefficient (Wildman–Crippen LogP) is 3.66. The van der Waals surface area contributed by atoms with Crippen molar-refractivity contribution in [1.29, 1.82) is 0 Å². The van der Waals surface area contributed by atoms with Gasteiger partial charge in [-0.15, -0.1) is 0 Å². The maximum Gasteiger partial charge on any atom is 0.350 e. The maximum atomic E-state index is 11.8. The molecule has 0 fully saturated rings. The number of aromatic nitrogens is 1. The topological polar surface area (TPSA) is 48.4 Å². The van der Waals surface area contributed by atoms with Crippen LogP contribution in [0.25, 0.3) is 0 Å². The molecule has 0 radical (unpaired) electrons. The number of rotatable bonds is 5. The van der Waals surface area contributed by atoms with Gasteiger partial charge in [-0.2, -0.15) is 0 Å². The SMILES string of the molecule is CCOC(=O)c1sc(Br)nc1COc1ccccc1. The van der Waals surface area contributed by atoms with Crippen molar-refractivity contribution < 1.29 is 14.3 Å². The normalized spacial score (nSPS) is 10.2. The minimum atomic E-state index is -0.364. The van der Waals surface area contributed by atoms with Crippen molar-refractivity contribution >= 4 is 33.2 Å². The molecule has 100 valence electrons. The van der Waals surface area contributed by atoms with Crippen molar-refractivity contribution in [1.82, 2.24) is 4.98 Å². The predicted molar refractivity (Wildman–Crippen MR) is 76.5 cm³/mol. The second kappa shape index (κ2) is 6.68. The molecule has 0 aliphatic heterocycles. The monoisotopic (exact) mass is 341 g/mol. The molecule has 1 aromatic heterocycles. The van der Waals surface area contributed by atoms with Crippen LogP contribution in [0.15, 0.2) is 34.2 Å². The molecule has 4 nitrogen and oxygen atoms in total. The first-order valence-corrected chi connectivity index (χ1v) is 7.32. The highest BCUT2D eigenvalue weighted by Gasteiger charge is 2.18. The average molecular weight is 342 g/mol. The molecule has 0 amide bonds. The lowest BCUT2D eigenvalue weighted by Gasteiger charge is -2.05. The second-order valence-corrected chi connectivity index (χ2v) is 5.84. The lowest BCUT2D eigenvalue weighted by atomic mass is 10.3. The Kier molecular flexibility index (Phi) is 4.93. The average Bonchev–Trinajstić information content (AvgIpc) is 2.79. The second-order valence-electron chi connectivity index (χ2n) is 3.56. The Morgan fingerprint density at radius 1 is 1.37 bits per heavy atom. The number of nitrogens with zero attached hydrogens (tertiary/aromatic N) is 1. The third-order valence-electron chi connectivity index (χ3n) is 2.25. The van der Waals surface area contributed by atoms with E-state index in [0.717, 1.165) is 5.75 Å². The third kappa shape index (κ3) is 3.78. The van der Waals surface area contributed by atoms with E-state index in [1.807, 2.05) is 30.3 Å². The zero-order valence-corrected chi connectivity index (χ0v) is 12.7. The van der Waals surface area contributed by atoms with Crippen LogP contribution in [-0.2, 0) is 11.3 Å². The van der Waals surface area contributed by atoms with E-state index in [0.29, 0.717) is 21.1 Å². The quantitative estimate of drug-likeness (QED) is 0.778. The fourth-order valence-electron chi connectivity index (χ4n) is 1.45. The molecule has 0 spiro atoms. The Bertz CT molecular complexity index is 556. The lowest BCUT2D eigenvalue weighted by molar-refractivity contribution is 0.0529. The van der Waals surface area contributed by atoms with Crippen molar-refractivity contribution in [2.45, 2.75) is 13.5 Å². The molecule has 0 saturated heterocycles. The molecule has 0 N–H and O–H groups in total. The molecule has 0 atom stereocenters. The van der Waals surface area contributed by atoms with E-state index in [4.69, 9.17) is 9.47 Å². The molecule has 2 aromatic rings. The minimum Gasteiger partial charge on any atom is -0.487 e. The van der Waals surface area contributed by atoms with Crippen LogP contribution in [0.4, 0.5) is 0 Å². The number of para-hydroxylation sites is 1. The fraction of sp³-hybridized carbons (Fsp3) is 0.231. The first-order chi connectivity index (χ1) is 9.20. The number of benzene rings is 1. The lowest BCUT2D eigenvalue weighted by Crippen LogP contribution is -2.07. The first kappa shape index (κ1) is 14.0. The van der Waals surface area contributed by atoms with Crippen LogP contribution in [0, 0.1) is 0 Å². The summed E-state index contributed by atoms with van der Waals surface area (Å²) in [7, 11) is 0. The van der Waals surface area contributed by atoms with Crippen LogP contribution in [0.3, 0.4) is 0 Å². The fourth-order valence-corrected chi connectivity index (χ4v) is 2.83. The van der Waals surface area contributed by atoms with Crippen molar-refractivity contribution in [2.24, 2.45) is 0 Å². The van der Waals surface area contributed by atoms with Crippen molar-refractivity contribution in [2.75, 3.05) is 6.61 Å². The molecule has 0 saturated carbocycles. The van der Waals surface area contributed by atoms with E-state index >= 15 is 0 Å². The van der Waals surface area contributed by atoms with Gasteiger partial charge in [0.15, 0.2) is 3.92 Å². The summed E-state index contributed by atoms with van der Waals surface area (Å²) in [6.45, 7) is 2.35. The van der Waals surface area contributed by atoms with Gasteiger partial charge >= 0.3 is 5.97 Å². The molecule has 1 heterocycles. The van der Waals surface area contributed by atoms with Crippen LogP contribution in [0.1, 0.15) is 22.3 Å². The van der Waals surface area contributed by atoms with E-state index in [-0.39, 0.29) is 12.6 Å². The van der Waals surface area contributed by atoms with Crippen molar-refractivity contribution in [3.8, 4) is 5.75 Å². The van der Waals surface area contributed by atoms with Crippen molar-refractivity contribution in [3.63, 3.8) is 0 Å². The molecule has 0 unspecified atom stereocenters. The van der Waals surface area contributed by atoms with Gasteiger partial charge in [-0.25, -0.2) is 9.78 Å². The number of esters is 1. The van der Waals surface area contributed by atoms with Crippen LogP contribution in [0.5, 0.6) is 5.75 Å². The van der Waals surface area contributed by atoms with E-state index in [1.54, 1.807) is 6.92 Å². The highest BCUT2D eigenvalue weighted by atomic mass is 79.9. The van der Waals surface area contributed by atoms with Gasteiger partial charge in [0.2, 0.25) is 0 Å². The largest absolute Gasteiger partial charge is 0.487 e. The molecule has 6 heteroatoms. The first-order valence-electron chi connectivity index (χ1n) is 5.71. The standard InChI is InChI=1S/C13H12BrNO3S/c1-2-17-12(16)11-10(15-13(14)19-11)8-18-9-6-4-3-5-7-9/h3-7H,2,8H2,1H3. The van der Waals surface area contributed by atoms with Crippen LogP contribution >= 0.6 is 27.3 Å². The third-order valence-corrected chi connectivity index (χ3v) is 3.78. The number of ether oxygens (including phenoxy) is 2. The van der Waals surface area contributed by atoms with Crippen LogP contribution < -0.4 is 4.74 Å². The number of carbonyl (C=O) groups is 1. The summed E-state index contributed by atoms with van der Waals surface area (Å²) >= 11 is 4.52. The number of thiazole rings is 1. The van der Waals surface area contributed by atoms with Gasteiger partial charge in [-0.3, -0.25) is 0 Å². The van der Waals surface area contributed by atoms with E-state index in [1.165, 1.54) is 11.3 Å². The van der Waals surface area contributed by atoms with Gasteiger partial charge in [0.05, 0.1) is 6.61 Å². The number of carbonyl (C=O) groups excluding carboxylic acids is 1. The Morgan fingerprint density at radius 2 is 2.11 bits per heavy atom. The molecular formula is C13H12BrNO3S. The Balaban J connectivity index is 2.10. The molecule has 19 heavy (non-hydrogen) atoms. The van der Waals surface area contributed by atoms with E-state index in [2.05, 4.69) is 20.9 Å². The molecule has 0 aliphatic carbocycles. The summed E-state index contributed by atoms with van der Waals surface area (Å²) in [6, 6.07) is 9.39. The highest BCUT2D eigenvalue weighted by Crippen LogP contribution is 2.25. The van der Waals surface area contributed by atoms with Crippen LogP contribution in [-0.4, -0.2) is 17.6 Å². The van der Waals surface area contributed by atoms with Crippen molar-refractivity contribution in [3.05, 3.63) is 44.8 Å². The molecular weight excluding hydrogens is 330 g/mol. The van der Waals surface area contributed by atoms with Gasteiger partial charge in [0, 0.05) is 0 Å². The van der Waals surface area contributed by atoms with Gasteiger partial charge in [-0.05, 0) is 35.0 Å². The number of hydrogen-bond acceptors (Lipinski definition) is 5. The highest BCUT2D eigenvalue weighted by molar-refractivity contribution is 9.11. The van der Waals surface area contributed by atoms with Gasteiger partial charge in [0.25, 0.3) is 0 Å². The molecule has 1 aromatic carbocycles. The van der Waals surface area contributed by atoms with Crippen LogP contribution in [0.2, 0.25) is 0 Å². The summed E-state index contributed by atoms with van der Waals surface area (Å²) in [6.07, 6.45) is 0. The summed E-state index contributed by atoms with van der Waals surface area (Å²) in [5.41, 5.74) is 0.583. The molecule has 0 aliphatic rings. The summed E-state index contributed by atoms with van der Waals surface area (Å²) in [5, 5.41) is 0. The molecule has 2 rings (SSSR count). The number of hydrogen-bond donors (Lipinski definition) is 0. The summed E-state index contributed by atoms with van der Waals surface area (Å²) < 4.78 is 11.2.